The highest BCUT2D eigenvalue weighted by molar-refractivity contribution is 6.08. The predicted octanol–water partition coefficient (Wildman–Crippen LogP) is 0.286. The van der Waals surface area contributed by atoms with Gasteiger partial charge in [0.05, 0.1) is 26.0 Å². The van der Waals surface area contributed by atoms with Gasteiger partial charge in [0.2, 0.25) is 0 Å². The van der Waals surface area contributed by atoms with Crippen LogP contribution in [0.4, 0.5) is 4.79 Å². The molecule has 0 bridgehead atoms. The number of benzene rings is 1. The molecule has 1 atom stereocenters. The molecular formula is C19H19N5O6. The van der Waals surface area contributed by atoms with E-state index in [0.717, 1.165) is 5.56 Å². The van der Waals surface area contributed by atoms with Crippen molar-refractivity contribution >= 4 is 23.8 Å². The van der Waals surface area contributed by atoms with Gasteiger partial charge in [0, 0.05) is 12.1 Å². The number of fused-ring (bicyclic) bond motifs is 1. The Labute approximate surface area is 170 Å². The zero-order chi connectivity index (χ0) is 21.5. The number of aromatic nitrogens is 2. The van der Waals surface area contributed by atoms with Crippen molar-refractivity contribution in [2.24, 2.45) is 0 Å². The summed E-state index contributed by atoms with van der Waals surface area (Å²) in [5.74, 6) is -1.09. The predicted molar refractivity (Wildman–Crippen MR) is 101 cm³/mol. The molecular weight excluding hydrogens is 394 g/mol. The van der Waals surface area contributed by atoms with E-state index in [4.69, 9.17) is 9.47 Å². The fraction of sp³-hybridized carbons (Fsp3) is 0.316. The van der Waals surface area contributed by atoms with E-state index in [2.05, 4.69) is 20.8 Å². The Hall–Kier alpha value is -3.89. The number of ether oxygens (including phenoxy) is 2. The highest BCUT2D eigenvalue weighted by atomic mass is 16.5. The van der Waals surface area contributed by atoms with Gasteiger partial charge in [-0.25, -0.2) is 9.59 Å². The Morgan fingerprint density at radius 3 is 2.73 bits per heavy atom. The Kier molecular flexibility index (Phi) is 4.65. The molecule has 2 aromatic rings. The maximum atomic E-state index is 12.9. The Bertz CT molecular complexity index is 1060. The number of amides is 4. The van der Waals surface area contributed by atoms with Crippen molar-refractivity contribution in [1.29, 1.82) is 0 Å². The average Bonchev–Trinajstić information content (AvgIpc) is 3.40. The summed E-state index contributed by atoms with van der Waals surface area (Å²) < 4.78 is 10.1. The summed E-state index contributed by atoms with van der Waals surface area (Å²) in [6, 6.07) is 5.78. The molecule has 4 amide bonds. The molecule has 0 radical (unpaired) electrons. The lowest BCUT2D eigenvalue weighted by molar-refractivity contribution is -0.125. The molecule has 1 aromatic carbocycles. The summed E-state index contributed by atoms with van der Waals surface area (Å²) in [6.45, 7) is 1.91. The van der Waals surface area contributed by atoms with Crippen LogP contribution in [0.3, 0.4) is 0 Å². The summed E-state index contributed by atoms with van der Waals surface area (Å²) in [5, 5.41) is 11.3. The van der Waals surface area contributed by atoms with Gasteiger partial charge in [-0.05, 0) is 30.7 Å². The van der Waals surface area contributed by atoms with Gasteiger partial charge in [0.1, 0.15) is 5.75 Å². The summed E-state index contributed by atoms with van der Waals surface area (Å²) in [7, 11) is 1.51. The van der Waals surface area contributed by atoms with Crippen LogP contribution in [0.25, 0.3) is 0 Å². The second-order valence-corrected chi connectivity index (χ2v) is 6.89. The van der Waals surface area contributed by atoms with Crippen LogP contribution < -0.4 is 15.4 Å². The molecule has 2 aliphatic rings. The molecule has 1 fully saturated rings. The highest BCUT2D eigenvalue weighted by Crippen LogP contribution is 2.32. The highest BCUT2D eigenvalue weighted by Gasteiger charge is 2.52. The van der Waals surface area contributed by atoms with Gasteiger partial charge < -0.3 is 19.7 Å². The Morgan fingerprint density at radius 1 is 1.27 bits per heavy atom. The van der Waals surface area contributed by atoms with Crippen LogP contribution in [-0.2, 0) is 21.6 Å². The summed E-state index contributed by atoms with van der Waals surface area (Å²) >= 11 is 0. The van der Waals surface area contributed by atoms with Gasteiger partial charge in [0.15, 0.2) is 11.2 Å². The third-order valence-electron chi connectivity index (χ3n) is 5.09. The van der Waals surface area contributed by atoms with Crippen molar-refractivity contribution in [3.8, 4) is 5.75 Å². The lowest BCUT2D eigenvalue weighted by Gasteiger charge is -2.29. The fourth-order valence-electron chi connectivity index (χ4n) is 3.61. The smallest absolute Gasteiger partial charge is 0.358 e. The molecule has 11 heteroatoms. The SMILES string of the molecule is CCOC(=O)c1cc(C2(CN3Cc4ccc(OC)cc4C3=O)NC(=O)NC2=O)[nH]n1. The van der Waals surface area contributed by atoms with Crippen LogP contribution in [0, 0.1) is 0 Å². The van der Waals surface area contributed by atoms with Gasteiger partial charge in [0.25, 0.3) is 11.8 Å². The minimum atomic E-state index is -1.63. The van der Waals surface area contributed by atoms with E-state index in [1.807, 2.05) is 0 Å². The second-order valence-electron chi connectivity index (χ2n) is 6.89. The number of hydrogen-bond donors (Lipinski definition) is 3. The molecule has 11 nitrogen and oxygen atoms in total. The summed E-state index contributed by atoms with van der Waals surface area (Å²) in [5.41, 5.74) is -0.267. The number of rotatable bonds is 6. The number of esters is 1. The number of hydrogen-bond acceptors (Lipinski definition) is 7. The quantitative estimate of drug-likeness (QED) is 0.456. The number of imide groups is 1. The minimum Gasteiger partial charge on any atom is -0.497 e. The molecule has 1 aromatic heterocycles. The molecule has 4 rings (SSSR count). The first-order valence-electron chi connectivity index (χ1n) is 9.20. The van der Waals surface area contributed by atoms with Gasteiger partial charge in [-0.3, -0.25) is 20.0 Å². The monoisotopic (exact) mass is 413 g/mol. The number of nitrogens with zero attached hydrogens (tertiary/aromatic N) is 2. The molecule has 0 saturated carbocycles. The van der Waals surface area contributed by atoms with Crippen LogP contribution in [-0.4, -0.2) is 59.2 Å². The number of carbonyl (C=O) groups is 4. The average molecular weight is 413 g/mol. The van der Waals surface area contributed by atoms with Crippen LogP contribution in [0.5, 0.6) is 5.75 Å². The molecule has 156 valence electrons. The lowest BCUT2D eigenvalue weighted by atomic mass is 9.94. The van der Waals surface area contributed by atoms with E-state index in [1.54, 1.807) is 25.1 Å². The molecule has 3 N–H and O–H groups in total. The summed E-state index contributed by atoms with van der Waals surface area (Å²) in [4.78, 5) is 51.1. The third-order valence-corrected chi connectivity index (χ3v) is 5.09. The van der Waals surface area contributed by atoms with E-state index in [-0.39, 0.29) is 37.0 Å². The van der Waals surface area contributed by atoms with Gasteiger partial charge in [-0.1, -0.05) is 6.07 Å². The van der Waals surface area contributed by atoms with E-state index < -0.39 is 23.4 Å². The second kappa shape index (κ2) is 7.17. The number of H-pyrrole nitrogens is 1. The third kappa shape index (κ3) is 3.04. The van der Waals surface area contributed by atoms with E-state index in [0.29, 0.717) is 11.3 Å². The maximum absolute atomic E-state index is 12.9. The molecule has 1 saturated heterocycles. The van der Waals surface area contributed by atoms with E-state index >= 15 is 0 Å². The first-order chi connectivity index (χ1) is 14.4. The van der Waals surface area contributed by atoms with Crippen molar-refractivity contribution in [3.05, 3.63) is 46.8 Å². The first kappa shape index (κ1) is 19.4. The van der Waals surface area contributed by atoms with Crippen molar-refractivity contribution < 1.29 is 28.7 Å². The fourth-order valence-corrected chi connectivity index (χ4v) is 3.61. The zero-order valence-corrected chi connectivity index (χ0v) is 16.3. The van der Waals surface area contributed by atoms with Gasteiger partial charge in [-0.15, -0.1) is 0 Å². The van der Waals surface area contributed by atoms with Crippen LogP contribution in [0.1, 0.15) is 39.0 Å². The van der Waals surface area contributed by atoms with Crippen LogP contribution in [0.15, 0.2) is 24.3 Å². The molecule has 0 aliphatic carbocycles. The van der Waals surface area contributed by atoms with E-state index in [1.165, 1.54) is 18.1 Å². The number of carbonyl (C=O) groups excluding carboxylic acids is 4. The number of methoxy groups -OCH3 is 1. The summed E-state index contributed by atoms with van der Waals surface area (Å²) in [6.07, 6.45) is 0. The number of urea groups is 1. The Morgan fingerprint density at radius 2 is 2.07 bits per heavy atom. The van der Waals surface area contributed by atoms with Crippen molar-refractivity contribution in [2.45, 2.75) is 19.0 Å². The molecule has 2 aliphatic heterocycles. The van der Waals surface area contributed by atoms with Crippen LogP contribution >= 0.6 is 0 Å². The van der Waals surface area contributed by atoms with Gasteiger partial charge >= 0.3 is 12.0 Å². The maximum Gasteiger partial charge on any atom is 0.358 e. The molecule has 1 unspecified atom stereocenters. The molecule has 0 spiro atoms. The normalized spacial score (nSPS) is 20.1. The number of aromatic amines is 1. The van der Waals surface area contributed by atoms with Crippen molar-refractivity contribution in [3.63, 3.8) is 0 Å². The van der Waals surface area contributed by atoms with E-state index in [9.17, 15) is 19.2 Å². The minimum absolute atomic E-state index is 0.0408. The van der Waals surface area contributed by atoms with Crippen LogP contribution in [0.2, 0.25) is 0 Å². The lowest BCUT2D eigenvalue weighted by Crippen LogP contribution is -2.53. The van der Waals surface area contributed by atoms with Gasteiger partial charge in [-0.2, -0.15) is 5.10 Å². The van der Waals surface area contributed by atoms with Crippen molar-refractivity contribution in [2.75, 3.05) is 20.3 Å². The van der Waals surface area contributed by atoms with Crippen molar-refractivity contribution in [1.82, 2.24) is 25.7 Å². The molecule has 3 heterocycles. The number of nitrogens with one attached hydrogen (secondary N) is 3. The standard InChI is InChI=1S/C19H19N5O6/c1-3-30-16(26)13-7-14(23-22-13)19(17(27)20-18(28)21-19)9-24-8-10-4-5-11(29-2)6-12(10)15(24)25/h4-7H,3,8-9H2,1-2H3,(H,22,23)(H2,20,21,27,28). The zero-order valence-electron chi connectivity index (χ0n) is 16.3. The molecule has 30 heavy (non-hydrogen) atoms. The largest absolute Gasteiger partial charge is 0.497 e. The topological polar surface area (TPSA) is 143 Å². The first-order valence-corrected chi connectivity index (χ1v) is 9.20. The Balaban J connectivity index is 1.66.